The maximum atomic E-state index is 12.3. The first-order valence-electron chi connectivity index (χ1n) is 9.07. The maximum absolute atomic E-state index is 12.3. The Balaban J connectivity index is 1.47. The molecule has 0 aliphatic carbocycles. The molecule has 1 N–H and O–H groups in total. The molecule has 1 unspecified atom stereocenters. The minimum absolute atomic E-state index is 0.205. The van der Waals surface area contributed by atoms with Gasteiger partial charge in [-0.1, -0.05) is 30.3 Å². The van der Waals surface area contributed by atoms with Crippen molar-refractivity contribution in [2.24, 2.45) is 5.92 Å². The Morgan fingerprint density at radius 1 is 1.17 bits per heavy atom. The molecule has 0 aromatic heterocycles. The molecule has 0 bridgehead atoms. The van der Waals surface area contributed by atoms with Crippen LogP contribution in [0.25, 0.3) is 0 Å². The number of hydrogen-bond donors (Lipinski definition) is 1. The number of likely N-dealkylation sites (tertiary alicyclic amines) is 2. The van der Waals surface area contributed by atoms with Crippen LogP contribution in [0.15, 0.2) is 30.3 Å². The first-order valence-corrected chi connectivity index (χ1v) is 9.07. The molecule has 1 amide bonds. The molecular weight excluding hydrogens is 304 g/mol. The largest absolute Gasteiger partial charge is 0.445 e. The molecule has 0 spiro atoms. The van der Waals surface area contributed by atoms with Crippen LogP contribution in [0, 0.1) is 5.92 Å². The van der Waals surface area contributed by atoms with Crippen LogP contribution < -0.4 is 0 Å². The van der Waals surface area contributed by atoms with Crippen LogP contribution in [-0.2, 0) is 11.3 Å². The molecular formula is C19H28N2O3. The van der Waals surface area contributed by atoms with Crippen molar-refractivity contribution in [2.75, 3.05) is 32.8 Å². The second kappa shape index (κ2) is 8.49. The van der Waals surface area contributed by atoms with E-state index in [2.05, 4.69) is 4.90 Å². The molecule has 1 aromatic rings. The average molecular weight is 332 g/mol. The van der Waals surface area contributed by atoms with Crippen molar-refractivity contribution >= 4 is 6.09 Å². The van der Waals surface area contributed by atoms with Crippen molar-refractivity contribution in [3.63, 3.8) is 0 Å². The zero-order chi connectivity index (χ0) is 16.8. The van der Waals surface area contributed by atoms with Crippen LogP contribution in [-0.4, -0.2) is 59.8 Å². The summed E-state index contributed by atoms with van der Waals surface area (Å²) in [5, 5.41) is 9.46. The Morgan fingerprint density at radius 3 is 2.75 bits per heavy atom. The summed E-state index contributed by atoms with van der Waals surface area (Å²) in [7, 11) is 0. The minimum atomic E-state index is -0.205. The number of aliphatic hydroxyl groups is 1. The Morgan fingerprint density at radius 2 is 1.96 bits per heavy atom. The molecule has 2 aliphatic rings. The molecule has 5 nitrogen and oxygen atoms in total. The van der Waals surface area contributed by atoms with Crippen molar-refractivity contribution in [1.82, 2.24) is 9.80 Å². The lowest BCUT2D eigenvalue weighted by Crippen LogP contribution is -2.45. The van der Waals surface area contributed by atoms with Gasteiger partial charge in [-0.2, -0.15) is 0 Å². The fraction of sp³-hybridized carbons (Fsp3) is 0.632. The second-order valence-corrected chi connectivity index (χ2v) is 6.97. The molecule has 0 radical (unpaired) electrons. The van der Waals surface area contributed by atoms with E-state index >= 15 is 0 Å². The number of carbonyl (C=O) groups excluding carboxylic acids is 1. The van der Waals surface area contributed by atoms with Crippen LogP contribution in [0.1, 0.15) is 31.2 Å². The van der Waals surface area contributed by atoms with Crippen LogP contribution in [0.4, 0.5) is 4.79 Å². The molecule has 0 saturated carbocycles. The number of carbonyl (C=O) groups is 1. The topological polar surface area (TPSA) is 53.0 Å². The van der Waals surface area contributed by atoms with Crippen LogP contribution in [0.5, 0.6) is 0 Å². The normalized spacial score (nSPS) is 25.0. The summed E-state index contributed by atoms with van der Waals surface area (Å²) in [5.41, 5.74) is 1.02. The summed E-state index contributed by atoms with van der Waals surface area (Å²) in [6.07, 6.45) is 4.23. The lowest BCUT2D eigenvalue weighted by atomic mass is 9.97. The number of hydrogen-bond acceptors (Lipinski definition) is 4. The summed E-state index contributed by atoms with van der Waals surface area (Å²) < 4.78 is 5.46. The van der Waals surface area contributed by atoms with Gasteiger partial charge in [0.2, 0.25) is 0 Å². The quantitative estimate of drug-likeness (QED) is 0.900. The summed E-state index contributed by atoms with van der Waals surface area (Å²) in [4.78, 5) is 16.6. The van der Waals surface area contributed by atoms with Crippen LogP contribution in [0.3, 0.4) is 0 Å². The average Bonchev–Trinajstić information content (AvgIpc) is 3.08. The fourth-order valence-electron chi connectivity index (χ4n) is 3.86. The molecule has 1 aromatic carbocycles. The molecule has 5 heteroatoms. The monoisotopic (exact) mass is 332 g/mol. The van der Waals surface area contributed by atoms with Crippen molar-refractivity contribution in [1.29, 1.82) is 0 Å². The van der Waals surface area contributed by atoms with Gasteiger partial charge >= 0.3 is 6.09 Å². The van der Waals surface area contributed by atoms with E-state index in [0.29, 0.717) is 18.6 Å². The molecule has 2 atom stereocenters. The van der Waals surface area contributed by atoms with Gasteiger partial charge in [0.15, 0.2) is 0 Å². The smallest absolute Gasteiger partial charge is 0.410 e. The molecule has 132 valence electrons. The Hall–Kier alpha value is -1.59. The zero-order valence-corrected chi connectivity index (χ0v) is 14.3. The number of rotatable bonds is 5. The van der Waals surface area contributed by atoms with Crippen LogP contribution in [0.2, 0.25) is 0 Å². The lowest BCUT2D eigenvalue weighted by molar-refractivity contribution is 0.0673. The number of amides is 1. The summed E-state index contributed by atoms with van der Waals surface area (Å²) in [6, 6.07) is 10.1. The standard InChI is InChI=1S/C19H28N2O3/c22-14-18-9-5-10-20(18)12-17-8-4-11-21(13-17)19(23)24-15-16-6-2-1-3-7-16/h1-3,6-7,17-18,22H,4-5,8-15H2/t17?,18-/m0/s1. The van der Waals surface area contributed by atoms with E-state index in [1.165, 1.54) is 6.42 Å². The number of ether oxygens (including phenoxy) is 1. The van der Waals surface area contributed by atoms with Gasteiger partial charge in [-0.15, -0.1) is 0 Å². The van der Waals surface area contributed by atoms with Crippen LogP contribution >= 0.6 is 0 Å². The van der Waals surface area contributed by atoms with E-state index in [1.54, 1.807) is 0 Å². The number of piperidine rings is 1. The van der Waals surface area contributed by atoms with Gasteiger partial charge in [-0.3, -0.25) is 4.90 Å². The first kappa shape index (κ1) is 17.2. The zero-order valence-electron chi connectivity index (χ0n) is 14.3. The lowest BCUT2D eigenvalue weighted by Gasteiger charge is -2.35. The highest BCUT2D eigenvalue weighted by molar-refractivity contribution is 5.67. The fourth-order valence-corrected chi connectivity index (χ4v) is 3.86. The Kier molecular flexibility index (Phi) is 6.10. The predicted octanol–water partition coefficient (Wildman–Crippen LogP) is 2.49. The summed E-state index contributed by atoms with van der Waals surface area (Å²) in [6.45, 7) is 4.18. The van der Waals surface area contributed by atoms with Crippen molar-refractivity contribution in [3.05, 3.63) is 35.9 Å². The third kappa shape index (κ3) is 4.48. The van der Waals surface area contributed by atoms with E-state index in [1.807, 2.05) is 35.2 Å². The van der Waals surface area contributed by atoms with Gasteiger partial charge in [-0.05, 0) is 43.7 Å². The third-order valence-electron chi connectivity index (χ3n) is 5.18. The third-order valence-corrected chi connectivity index (χ3v) is 5.18. The highest BCUT2D eigenvalue weighted by atomic mass is 16.6. The molecule has 2 aliphatic heterocycles. The summed E-state index contributed by atoms with van der Waals surface area (Å²) in [5.74, 6) is 0.482. The highest BCUT2D eigenvalue weighted by Gasteiger charge is 2.30. The minimum Gasteiger partial charge on any atom is -0.445 e. The van der Waals surface area contributed by atoms with Gasteiger partial charge in [0, 0.05) is 25.7 Å². The van der Waals surface area contributed by atoms with Crippen molar-refractivity contribution in [3.8, 4) is 0 Å². The Labute approximate surface area is 144 Å². The second-order valence-electron chi connectivity index (χ2n) is 6.97. The highest BCUT2D eigenvalue weighted by Crippen LogP contribution is 2.23. The van der Waals surface area contributed by atoms with Gasteiger partial charge in [0.1, 0.15) is 6.61 Å². The first-order chi connectivity index (χ1) is 11.8. The molecule has 2 heterocycles. The molecule has 2 saturated heterocycles. The van der Waals surface area contributed by atoms with Gasteiger partial charge < -0.3 is 14.7 Å². The van der Waals surface area contributed by atoms with E-state index in [0.717, 1.165) is 51.0 Å². The molecule has 2 fully saturated rings. The van der Waals surface area contributed by atoms with Gasteiger partial charge in [0.05, 0.1) is 6.61 Å². The molecule has 24 heavy (non-hydrogen) atoms. The van der Waals surface area contributed by atoms with E-state index in [-0.39, 0.29) is 12.7 Å². The number of aliphatic hydroxyl groups excluding tert-OH is 1. The van der Waals surface area contributed by atoms with E-state index in [9.17, 15) is 9.90 Å². The number of nitrogens with zero attached hydrogens (tertiary/aromatic N) is 2. The van der Waals surface area contributed by atoms with E-state index in [4.69, 9.17) is 4.74 Å². The van der Waals surface area contributed by atoms with Gasteiger partial charge in [0.25, 0.3) is 0 Å². The Bertz CT molecular complexity index is 523. The van der Waals surface area contributed by atoms with Crippen molar-refractivity contribution < 1.29 is 14.6 Å². The number of benzene rings is 1. The SMILES string of the molecule is O=C(OCc1ccccc1)N1CCCC(CN2CCC[C@H]2CO)C1. The van der Waals surface area contributed by atoms with E-state index < -0.39 is 0 Å². The summed E-state index contributed by atoms with van der Waals surface area (Å²) >= 11 is 0. The van der Waals surface area contributed by atoms with Gasteiger partial charge in [-0.25, -0.2) is 4.79 Å². The maximum Gasteiger partial charge on any atom is 0.410 e. The molecule has 3 rings (SSSR count). The van der Waals surface area contributed by atoms with Crippen molar-refractivity contribution in [2.45, 2.75) is 38.3 Å². The predicted molar refractivity (Wildman–Crippen MR) is 92.6 cm³/mol.